The van der Waals surface area contributed by atoms with Crippen molar-refractivity contribution in [2.75, 3.05) is 31.5 Å². The molecule has 0 saturated carbocycles. The maximum Gasteiger partial charge on any atom is 0.251 e. The smallest absolute Gasteiger partial charge is 0.251 e. The predicted octanol–water partition coefficient (Wildman–Crippen LogP) is 3.09. The van der Waals surface area contributed by atoms with Crippen LogP contribution in [-0.2, 0) is 10.0 Å². The van der Waals surface area contributed by atoms with Crippen LogP contribution in [0.15, 0.2) is 59.5 Å². The molecule has 7 heteroatoms. The van der Waals surface area contributed by atoms with Crippen LogP contribution in [0.1, 0.15) is 36.0 Å². The molecule has 1 saturated heterocycles. The minimum Gasteiger partial charge on any atom is -0.385 e. The molecule has 0 atom stereocenters. The summed E-state index contributed by atoms with van der Waals surface area (Å²) in [5.74, 6) is -0.254. The van der Waals surface area contributed by atoms with Gasteiger partial charge in [-0.2, -0.15) is 4.31 Å². The summed E-state index contributed by atoms with van der Waals surface area (Å²) in [4.78, 5) is 12.6. The molecular formula is C21H27N3O3S. The summed E-state index contributed by atoms with van der Waals surface area (Å²) in [5.41, 5.74) is 1.42. The van der Waals surface area contributed by atoms with Gasteiger partial charge in [0.15, 0.2) is 0 Å². The molecule has 3 rings (SSSR count). The molecule has 1 heterocycles. The van der Waals surface area contributed by atoms with Gasteiger partial charge in [0.2, 0.25) is 10.0 Å². The average Bonchev–Trinajstić information content (AvgIpc) is 2.75. The molecule has 0 radical (unpaired) electrons. The molecule has 0 bridgehead atoms. The van der Waals surface area contributed by atoms with E-state index in [4.69, 9.17) is 0 Å². The first-order valence-corrected chi connectivity index (χ1v) is 11.2. The Kier molecular flexibility index (Phi) is 7.06. The van der Waals surface area contributed by atoms with Crippen molar-refractivity contribution in [3.63, 3.8) is 0 Å². The third-order valence-electron chi connectivity index (χ3n) is 4.79. The van der Waals surface area contributed by atoms with E-state index in [0.29, 0.717) is 25.2 Å². The number of benzene rings is 2. The van der Waals surface area contributed by atoms with Crippen molar-refractivity contribution in [2.24, 2.45) is 0 Å². The van der Waals surface area contributed by atoms with Crippen molar-refractivity contribution in [2.45, 2.75) is 30.6 Å². The maximum atomic E-state index is 12.8. The zero-order valence-corrected chi connectivity index (χ0v) is 16.7. The fourth-order valence-electron chi connectivity index (χ4n) is 3.23. The first kappa shape index (κ1) is 20.4. The third-order valence-corrected chi connectivity index (χ3v) is 6.69. The third kappa shape index (κ3) is 5.33. The molecule has 2 N–H and O–H groups in total. The second kappa shape index (κ2) is 9.71. The van der Waals surface area contributed by atoms with Crippen LogP contribution < -0.4 is 10.6 Å². The Morgan fingerprint density at radius 3 is 2.43 bits per heavy atom. The Bertz CT molecular complexity index is 879. The number of amides is 1. The van der Waals surface area contributed by atoms with E-state index in [9.17, 15) is 13.2 Å². The Labute approximate surface area is 167 Å². The lowest BCUT2D eigenvalue weighted by Crippen LogP contribution is -2.35. The number of hydrogen-bond acceptors (Lipinski definition) is 4. The van der Waals surface area contributed by atoms with Gasteiger partial charge >= 0.3 is 0 Å². The van der Waals surface area contributed by atoms with Gasteiger partial charge in [-0.05, 0) is 49.6 Å². The minimum atomic E-state index is -3.53. The molecule has 0 unspecified atom stereocenters. The Morgan fingerprint density at radius 1 is 0.929 bits per heavy atom. The number of nitrogens with one attached hydrogen (secondary N) is 2. The summed E-state index contributed by atoms with van der Waals surface area (Å²) in [5, 5.41) is 6.14. The van der Waals surface area contributed by atoms with Gasteiger partial charge in [-0.3, -0.25) is 4.79 Å². The number of piperidine rings is 1. The van der Waals surface area contributed by atoms with Crippen molar-refractivity contribution in [1.29, 1.82) is 0 Å². The number of anilines is 1. The quantitative estimate of drug-likeness (QED) is 0.667. The zero-order valence-electron chi connectivity index (χ0n) is 15.9. The van der Waals surface area contributed by atoms with Gasteiger partial charge in [-0.15, -0.1) is 0 Å². The second-order valence-corrected chi connectivity index (χ2v) is 8.83. The number of rotatable bonds is 8. The standard InChI is InChI=1S/C21H27N3O3S/c25-21(23-14-8-13-22-19-10-3-1-4-11-19)18-9-7-12-20(17-18)28(26,27)24-15-5-2-6-16-24/h1,3-4,7,9-12,17,22H,2,5-6,8,13-16H2,(H,23,25). The molecule has 2 aromatic rings. The highest BCUT2D eigenvalue weighted by Gasteiger charge is 2.26. The van der Waals surface area contributed by atoms with E-state index in [1.54, 1.807) is 18.2 Å². The van der Waals surface area contributed by atoms with Crippen LogP contribution in [0.3, 0.4) is 0 Å². The zero-order chi connectivity index (χ0) is 19.8. The van der Waals surface area contributed by atoms with Crippen molar-refractivity contribution >= 4 is 21.6 Å². The Hall–Kier alpha value is -2.38. The van der Waals surface area contributed by atoms with Crippen LogP contribution in [0.2, 0.25) is 0 Å². The number of nitrogens with zero attached hydrogens (tertiary/aromatic N) is 1. The second-order valence-electron chi connectivity index (χ2n) is 6.89. The predicted molar refractivity (Wildman–Crippen MR) is 111 cm³/mol. The SMILES string of the molecule is O=C(NCCCNc1ccccc1)c1cccc(S(=O)(=O)N2CCCCC2)c1. The molecule has 0 spiro atoms. The van der Waals surface area contributed by atoms with Gasteiger partial charge < -0.3 is 10.6 Å². The van der Waals surface area contributed by atoms with Crippen molar-refractivity contribution < 1.29 is 13.2 Å². The molecule has 150 valence electrons. The topological polar surface area (TPSA) is 78.5 Å². The molecule has 1 aliphatic rings. The summed E-state index contributed by atoms with van der Waals surface area (Å²) in [6, 6.07) is 16.2. The van der Waals surface area contributed by atoms with Crippen LogP contribution in [0.5, 0.6) is 0 Å². The van der Waals surface area contributed by atoms with E-state index >= 15 is 0 Å². The maximum absolute atomic E-state index is 12.8. The lowest BCUT2D eigenvalue weighted by atomic mass is 10.2. The number of hydrogen-bond donors (Lipinski definition) is 2. The van der Waals surface area contributed by atoms with Gasteiger partial charge in [0.05, 0.1) is 4.90 Å². The highest BCUT2D eigenvalue weighted by atomic mass is 32.2. The number of para-hydroxylation sites is 1. The van der Waals surface area contributed by atoms with E-state index < -0.39 is 10.0 Å². The average molecular weight is 402 g/mol. The summed E-state index contributed by atoms with van der Waals surface area (Å²) >= 11 is 0. The van der Waals surface area contributed by atoms with Gasteiger partial charge in [-0.25, -0.2) is 8.42 Å². The summed E-state index contributed by atoms with van der Waals surface area (Å²) in [6.45, 7) is 2.36. The van der Waals surface area contributed by atoms with Gasteiger partial charge in [0.1, 0.15) is 0 Å². The molecule has 0 aromatic heterocycles. The molecule has 1 amide bonds. The van der Waals surface area contributed by atoms with Gasteiger partial charge in [-0.1, -0.05) is 30.7 Å². The molecule has 28 heavy (non-hydrogen) atoms. The van der Waals surface area contributed by atoms with Crippen molar-refractivity contribution in [3.05, 3.63) is 60.2 Å². The highest BCUT2D eigenvalue weighted by Crippen LogP contribution is 2.21. The van der Waals surface area contributed by atoms with Crippen LogP contribution >= 0.6 is 0 Å². The molecule has 1 aliphatic heterocycles. The van der Waals surface area contributed by atoms with Crippen molar-refractivity contribution in [1.82, 2.24) is 9.62 Å². The fraction of sp³-hybridized carbons (Fsp3) is 0.381. The Balaban J connectivity index is 1.52. The normalized spacial score (nSPS) is 15.1. The van der Waals surface area contributed by atoms with Crippen LogP contribution in [-0.4, -0.2) is 44.8 Å². The van der Waals surface area contributed by atoms with Crippen LogP contribution in [0, 0.1) is 0 Å². The first-order valence-electron chi connectivity index (χ1n) is 9.75. The fourth-order valence-corrected chi connectivity index (χ4v) is 4.80. The van der Waals surface area contributed by atoms with E-state index in [1.807, 2.05) is 30.3 Å². The summed E-state index contributed by atoms with van der Waals surface area (Å²) in [6.07, 6.45) is 3.60. The van der Waals surface area contributed by atoms with Crippen LogP contribution in [0.4, 0.5) is 5.69 Å². The van der Waals surface area contributed by atoms with Crippen LogP contribution in [0.25, 0.3) is 0 Å². The van der Waals surface area contributed by atoms with E-state index in [0.717, 1.165) is 37.9 Å². The number of carbonyl (C=O) groups is 1. The molecular weight excluding hydrogens is 374 g/mol. The van der Waals surface area contributed by atoms with Crippen molar-refractivity contribution in [3.8, 4) is 0 Å². The van der Waals surface area contributed by atoms with Gasteiger partial charge in [0.25, 0.3) is 5.91 Å². The first-order chi connectivity index (χ1) is 13.6. The molecule has 6 nitrogen and oxygen atoms in total. The lowest BCUT2D eigenvalue weighted by Gasteiger charge is -2.26. The minimum absolute atomic E-state index is 0.188. The van der Waals surface area contributed by atoms with E-state index in [-0.39, 0.29) is 10.8 Å². The lowest BCUT2D eigenvalue weighted by molar-refractivity contribution is 0.0953. The number of sulfonamides is 1. The molecule has 0 aliphatic carbocycles. The monoisotopic (exact) mass is 401 g/mol. The molecule has 2 aromatic carbocycles. The molecule has 1 fully saturated rings. The van der Waals surface area contributed by atoms with E-state index in [1.165, 1.54) is 10.4 Å². The highest BCUT2D eigenvalue weighted by molar-refractivity contribution is 7.89. The Morgan fingerprint density at radius 2 is 1.68 bits per heavy atom. The number of carbonyl (C=O) groups excluding carboxylic acids is 1. The largest absolute Gasteiger partial charge is 0.385 e. The summed E-state index contributed by atoms with van der Waals surface area (Å²) < 4.78 is 27.1. The van der Waals surface area contributed by atoms with Gasteiger partial charge in [0, 0.05) is 37.4 Å². The summed E-state index contributed by atoms with van der Waals surface area (Å²) in [7, 11) is -3.53. The van der Waals surface area contributed by atoms with E-state index in [2.05, 4.69) is 10.6 Å².